The molecule has 25 heavy (non-hydrogen) atoms. The maximum Gasteiger partial charge on any atom is 0.0955 e. The highest BCUT2D eigenvalue weighted by Crippen LogP contribution is 2.19. The molecule has 2 N–H and O–H groups in total. The Balaban J connectivity index is 1.88. The Bertz CT molecular complexity index is 819. The highest BCUT2D eigenvalue weighted by Gasteiger charge is 2.16. The fraction of sp³-hybridized carbons (Fsp3) is 0.130. The smallest absolute Gasteiger partial charge is 0.0955 e. The van der Waals surface area contributed by atoms with E-state index in [9.17, 15) is 5.11 Å². The van der Waals surface area contributed by atoms with Crippen molar-refractivity contribution in [3.8, 4) is 11.8 Å². The SMILES string of the molecule is OCC(NC(C#Cc1ccccc1)c1ccccc1)c1ccccc1. The van der Waals surface area contributed by atoms with E-state index in [1.165, 1.54) is 0 Å². The topological polar surface area (TPSA) is 32.3 Å². The van der Waals surface area contributed by atoms with E-state index >= 15 is 0 Å². The predicted molar refractivity (Wildman–Crippen MR) is 102 cm³/mol. The first-order chi connectivity index (χ1) is 12.4. The maximum absolute atomic E-state index is 9.85. The molecule has 0 amide bonds. The fourth-order valence-corrected chi connectivity index (χ4v) is 2.68. The molecule has 2 atom stereocenters. The summed E-state index contributed by atoms with van der Waals surface area (Å²) < 4.78 is 0. The van der Waals surface area contributed by atoms with Gasteiger partial charge in [-0.2, -0.15) is 0 Å². The number of hydrogen-bond donors (Lipinski definition) is 2. The summed E-state index contributed by atoms with van der Waals surface area (Å²) in [6.45, 7) is 0.0142. The average molecular weight is 327 g/mol. The molecule has 2 nitrogen and oxygen atoms in total. The zero-order valence-corrected chi connectivity index (χ0v) is 14.0. The zero-order chi connectivity index (χ0) is 17.3. The summed E-state index contributed by atoms with van der Waals surface area (Å²) in [5.41, 5.74) is 3.11. The van der Waals surface area contributed by atoms with Gasteiger partial charge in [-0.1, -0.05) is 90.7 Å². The maximum atomic E-state index is 9.85. The van der Waals surface area contributed by atoms with E-state index in [1.54, 1.807) is 0 Å². The van der Waals surface area contributed by atoms with Crippen LogP contribution in [-0.2, 0) is 0 Å². The Kier molecular flexibility index (Phi) is 6.01. The lowest BCUT2D eigenvalue weighted by Gasteiger charge is -2.22. The molecule has 2 heteroatoms. The third-order valence-corrected chi connectivity index (χ3v) is 4.02. The van der Waals surface area contributed by atoms with Crippen molar-refractivity contribution in [3.05, 3.63) is 108 Å². The van der Waals surface area contributed by atoms with Gasteiger partial charge in [0.2, 0.25) is 0 Å². The Morgan fingerprint density at radius 1 is 0.720 bits per heavy atom. The van der Waals surface area contributed by atoms with Crippen LogP contribution in [0.1, 0.15) is 28.8 Å². The molecule has 124 valence electrons. The molecule has 0 saturated carbocycles. The first kappa shape index (κ1) is 17.0. The minimum Gasteiger partial charge on any atom is -0.394 e. The quantitative estimate of drug-likeness (QED) is 0.692. The predicted octanol–water partition coefficient (Wildman–Crippen LogP) is 4.10. The molecule has 0 aliphatic rings. The van der Waals surface area contributed by atoms with E-state index < -0.39 is 0 Å². The van der Waals surface area contributed by atoms with E-state index in [4.69, 9.17) is 0 Å². The number of rotatable bonds is 5. The van der Waals surface area contributed by atoms with E-state index in [2.05, 4.69) is 29.3 Å². The highest BCUT2D eigenvalue weighted by atomic mass is 16.3. The summed E-state index contributed by atoms with van der Waals surface area (Å²) in [5.74, 6) is 6.54. The van der Waals surface area contributed by atoms with E-state index in [0.29, 0.717) is 0 Å². The Morgan fingerprint density at radius 3 is 1.80 bits per heavy atom. The molecule has 3 aromatic rings. The van der Waals surface area contributed by atoms with Crippen LogP contribution < -0.4 is 5.32 Å². The molecule has 0 radical (unpaired) electrons. The summed E-state index contributed by atoms with van der Waals surface area (Å²) in [4.78, 5) is 0. The second-order valence-electron chi connectivity index (χ2n) is 5.79. The molecule has 0 heterocycles. The molecule has 3 aromatic carbocycles. The van der Waals surface area contributed by atoms with Crippen LogP contribution in [0.5, 0.6) is 0 Å². The standard InChI is InChI=1S/C23H21NO/c25-18-23(21-14-8-3-9-15-21)24-22(20-12-6-2-7-13-20)17-16-19-10-4-1-5-11-19/h1-15,22-25H,18H2. The van der Waals surface area contributed by atoms with Gasteiger partial charge < -0.3 is 5.11 Å². The van der Waals surface area contributed by atoms with Crippen molar-refractivity contribution in [2.75, 3.05) is 6.61 Å². The molecule has 0 spiro atoms. The number of nitrogens with one attached hydrogen (secondary N) is 1. The third kappa shape index (κ3) is 4.81. The van der Waals surface area contributed by atoms with Crippen molar-refractivity contribution in [1.29, 1.82) is 0 Å². The van der Waals surface area contributed by atoms with Gasteiger partial charge in [-0.05, 0) is 23.3 Å². The van der Waals surface area contributed by atoms with Crippen LogP contribution in [0.3, 0.4) is 0 Å². The molecule has 0 bridgehead atoms. The zero-order valence-electron chi connectivity index (χ0n) is 14.0. The van der Waals surface area contributed by atoms with Gasteiger partial charge in [0.15, 0.2) is 0 Å². The molecule has 3 rings (SSSR count). The molecule has 0 saturated heterocycles. The van der Waals surface area contributed by atoms with Crippen molar-refractivity contribution in [3.63, 3.8) is 0 Å². The van der Waals surface area contributed by atoms with Crippen molar-refractivity contribution in [2.45, 2.75) is 12.1 Å². The summed E-state index contributed by atoms with van der Waals surface area (Å²) in [7, 11) is 0. The summed E-state index contributed by atoms with van der Waals surface area (Å²) in [6.07, 6.45) is 0. The third-order valence-electron chi connectivity index (χ3n) is 4.02. The Labute approximate surface area is 149 Å². The van der Waals surface area contributed by atoms with Gasteiger partial charge in [0.1, 0.15) is 0 Å². The van der Waals surface area contributed by atoms with Crippen LogP contribution in [0, 0.1) is 11.8 Å². The lowest BCUT2D eigenvalue weighted by molar-refractivity contribution is 0.240. The van der Waals surface area contributed by atoms with Crippen LogP contribution in [0.4, 0.5) is 0 Å². The van der Waals surface area contributed by atoms with Crippen molar-refractivity contribution >= 4 is 0 Å². The highest BCUT2D eigenvalue weighted by molar-refractivity contribution is 5.38. The normalized spacial score (nSPS) is 12.7. The molecule has 0 fully saturated rings. The molecule has 0 aliphatic carbocycles. The van der Waals surface area contributed by atoms with Crippen molar-refractivity contribution < 1.29 is 5.11 Å². The van der Waals surface area contributed by atoms with Crippen LogP contribution >= 0.6 is 0 Å². The number of benzene rings is 3. The monoisotopic (exact) mass is 327 g/mol. The summed E-state index contributed by atoms with van der Waals surface area (Å²) in [6, 6.07) is 29.7. The van der Waals surface area contributed by atoms with Crippen LogP contribution in [0.25, 0.3) is 0 Å². The number of hydrogen-bond acceptors (Lipinski definition) is 2. The molecular weight excluding hydrogens is 306 g/mol. The number of aliphatic hydroxyl groups excluding tert-OH is 1. The minimum atomic E-state index is -0.170. The van der Waals surface area contributed by atoms with Gasteiger partial charge >= 0.3 is 0 Å². The van der Waals surface area contributed by atoms with Gasteiger partial charge in [0, 0.05) is 5.56 Å². The fourth-order valence-electron chi connectivity index (χ4n) is 2.68. The first-order valence-corrected chi connectivity index (χ1v) is 8.40. The second-order valence-corrected chi connectivity index (χ2v) is 5.79. The minimum absolute atomic E-state index is 0.0142. The Hall–Kier alpha value is -2.86. The van der Waals surface area contributed by atoms with Gasteiger partial charge in [-0.3, -0.25) is 5.32 Å². The van der Waals surface area contributed by atoms with Gasteiger partial charge in [0.05, 0.1) is 18.7 Å². The van der Waals surface area contributed by atoms with E-state index in [1.807, 2.05) is 78.9 Å². The van der Waals surface area contributed by atoms with E-state index in [0.717, 1.165) is 16.7 Å². The van der Waals surface area contributed by atoms with Crippen LogP contribution in [-0.4, -0.2) is 11.7 Å². The van der Waals surface area contributed by atoms with Gasteiger partial charge in [-0.15, -0.1) is 0 Å². The number of aliphatic hydroxyl groups is 1. The van der Waals surface area contributed by atoms with Crippen molar-refractivity contribution in [1.82, 2.24) is 5.32 Å². The molecular formula is C23H21NO. The average Bonchev–Trinajstić information content (AvgIpc) is 2.70. The largest absolute Gasteiger partial charge is 0.394 e. The molecule has 0 aromatic heterocycles. The summed E-state index contributed by atoms with van der Waals surface area (Å²) in [5, 5.41) is 13.3. The lowest BCUT2D eigenvalue weighted by atomic mass is 10.0. The summed E-state index contributed by atoms with van der Waals surface area (Å²) >= 11 is 0. The van der Waals surface area contributed by atoms with Crippen LogP contribution in [0.2, 0.25) is 0 Å². The Morgan fingerprint density at radius 2 is 1.24 bits per heavy atom. The van der Waals surface area contributed by atoms with Gasteiger partial charge in [0.25, 0.3) is 0 Å². The van der Waals surface area contributed by atoms with Crippen LogP contribution in [0.15, 0.2) is 91.0 Å². The lowest BCUT2D eigenvalue weighted by Crippen LogP contribution is -2.28. The second kappa shape index (κ2) is 8.84. The first-order valence-electron chi connectivity index (χ1n) is 8.40. The molecule has 0 aliphatic heterocycles. The van der Waals surface area contributed by atoms with Crippen molar-refractivity contribution in [2.24, 2.45) is 0 Å². The van der Waals surface area contributed by atoms with E-state index in [-0.39, 0.29) is 18.7 Å². The van der Waals surface area contributed by atoms with Gasteiger partial charge in [-0.25, -0.2) is 0 Å². The molecule has 2 unspecified atom stereocenters.